The van der Waals surface area contributed by atoms with Gasteiger partial charge in [0, 0.05) is 6.54 Å². The Hall–Kier alpha value is -1.01. The van der Waals surface area contributed by atoms with Crippen LogP contribution in [0.25, 0.3) is 0 Å². The maximum absolute atomic E-state index is 10.9. The molecular formula is C9H13NO2. The first kappa shape index (κ1) is 9.08. The fourth-order valence-electron chi connectivity index (χ4n) is 1.18. The molecule has 0 aromatic heterocycles. The summed E-state index contributed by atoms with van der Waals surface area (Å²) in [6, 6.07) is 0. The Labute approximate surface area is 72.2 Å². The third-order valence-corrected chi connectivity index (χ3v) is 2.16. The topological polar surface area (TPSA) is 49.3 Å². The Bertz CT molecular complexity index is 213. The zero-order valence-electron chi connectivity index (χ0n) is 6.97. The molecule has 1 rings (SSSR count). The van der Waals surface area contributed by atoms with Gasteiger partial charge in [0.1, 0.15) is 0 Å². The fourth-order valence-corrected chi connectivity index (χ4v) is 1.18. The molecule has 0 spiro atoms. The molecule has 66 valence electrons. The normalized spacial score (nSPS) is 19.0. The number of terminal acetylenes is 1. The smallest absolute Gasteiger partial charge is 0.232 e. The van der Waals surface area contributed by atoms with Crippen molar-refractivity contribution in [1.82, 2.24) is 5.32 Å². The highest BCUT2D eigenvalue weighted by atomic mass is 16.3. The van der Waals surface area contributed by atoms with Crippen molar-refractivity contribution in [3.05, 3.63) is 0 Å². The highest BCUT2D eigenvalue weighted by molar-refractivity contribution is 5.78. The van der Waals surface area contributed by atoms with Crippen molar-refractivity contribution in [2.24, 2.45) is 0 Å². The highest BCUT2D eigenvalue weighted by Crippen LogP contribution is 2.30. The van der Waals surface area contributed by atoms with Crippen LogP contribution in [0.15, 0.2) is 0 Å². The Morgan fingerprint density at radius 3 is 2.75 bits per heavy atom. The molecule has 1 fully saturated rings. The third kappa shape index (κ3) is 2.24. The number of amides is 1. The second kappa shape index (κ2) is 3.59. The van der Waals surface area contributed by atoms with E-state index in [4.69, 9.17) is 6.42 Å². The molecular weight excluding hydrogens is 154 g/mol. The largest absolute Gasteiger partial charge is 0.388 e. The predicted octanol–water partition coefficient (Wildman–Crippen LogP) is 0.0409. The maximum atomic E-state index is 10.9. The number of carbonyl (C=O) groups excluding carboxylic acids is 1. The van der Waals surface area contributed by atoms with Crippen LogP contribution in [-0.4, -0.2) is 23.2 Å². The van der Waals surface area contributed by atoms with Gasteiger partial charge in [-0.05, 0) is 19.3 Å². The van der Waals surface area contributed by atoms with Gasteiger partial charge in [0.2, 0.25) is 5.91 Å². The summed E-state index contributed by atoms with van der Waals surface area (Å²) in [5.41, 5.74) is -0.649. The van der Waals surface area contributed by atoms with E-state index in [9.17, 15) is 9.90 Å². The Morgan fingerprint density at radius 2 is 2.33 bits per heavy atom. The van der Waals surface area contributed by atoms with Crippen molar-refractivity contribution >= 4 is 5.91 Å². The molecule has 0 unspecified atom stereocenters. The SMILES string of the molecule is C#CCC(=O)NCC1(O)CCC1. The lowest BCUT2D eigenvalue weighted by Crippen LogP contribution is -2.47. The molecule has 0 aromatic carbocycles. The van der Waals surface area contributed by atoms with Gasteiger partial charge >= 0.3 is 0 Å². The van der Waals surface area contributed by atoms with Crippen LogP contribution in [-0.2, 0) is 4.79 Å². The van der Waals surface area contributed by atoms with Crippen molar-refractivity contribution in [3.63, 3.8) is 0 Å². The van der Waals surface area contributed by atoms with Gasteiger partial charge in [-0.15, -0.1) is 6.42 Å². The molecule has 0 aromatic rings. The fraction of sp³-hybridized carbons (Fsp3) is 0.667. The standard InChI is InChI=1S/C9H13NO2/c1-2-4-8(11)10-7-9(12)5-3-6-9/h1,12H,3-7H2,(H,10,11). The van der Waals surface area contributed by atoms with E-state index in [0.717, 1.165) is 19.3 Å². The number of hydrogen-bond donors (Lipinski definition) is 2. The lowest BCUT2D eigenvalue weighted by atomic mass is 9.80. The van der Waals surface area contributed by atoms with Crippen LogP contribution in [0.3, 0.4) is 0 Å². The van der Waals surface area contributed by atoms with Gasteiger partial charge in [-0.1, -0.05) is 5.92 Å². The summed E-state index contributed by atoms with van der Waals surface area (Å²) in [7, 11) is 0. The molecule has 0 atom stereocenters. The summed E-state index contributed by atoms with van der Waals surface area (Å²) in [6.07, 6.45) is 7.64. The molecule has 0 heterocycles. The second-order valence-corrected chi connectivity index (χ2v) is 3.24. The average Bonchev–Trinajstić information content (AvgIpc) is 1.98. The van der Waals surface area contributed by atoms with Gasteiger partial charge in [0.15, 0.2) is 0 Å². The minimum absolute atomic E-state index is 0.0933. The van der Waals surface area contributed by atoms with E-state index in [0.29, 0.717) is 6.54 Å². The van der Waals surface area contributed by atoms with Gasteiger partial charge in [0.25, 0.3) is 0 Å². The molecule has 0 saturated heterocycles. The summed E-state index contributed by atoms with van der Waals surface area (Å²) in [4.78, 5) is 10.9. The number of aliphatic hydroxyl groups is 1. The monoisotopic (exact) mass is 167 g/mol. The molecule has 3 nitrogen and oxygen atoms in total. The number of nitrogens with one attached hydrogen (secondary N) is 1. The molecule has 0 aliphatic heterocycles. The first-order valence-electron chi connectivity index (χ1n) is 4.09. The maximum Gasteiger partial charge on any atom is 0.232 e. The first-order chi connectivity index (χ1) is 5.66. The molecule has 2 N–H and O–H groups in total. The van der Waals surface area contributed by atoms with Gasteiger partial charge in [-0.2, -0.15) is 0 Å². The Balaban J connectivity index is 2.17. The van der Waals surface area contributed by atoms with Crippen molar-refractivity contribution < 1.29 is 9.90 Å². The highest BCUT2D eigenvalue weighted by Gasteiger charge is 2.34. The van der Waals surface area contributed by atoms with E-state index >= 15 is 0 Å². The summed E-state index contributed by atoms with van der Waals surface area (Å²) in [5.74, 6) is 2.06. The van der Waals surface area contributed by atoms with Gasteiger partial charge in [-0.3, -0.25) is 4.79 Å². The number of rotatable bonds is 3. The van der Waals surface area contributed by atoms with E-state index in [2.05, 4.69) is 11.2 Å². The Kier molecular flexibility index (Phi) is 2.72. The van der Waals surface area contributed by atoms with Gasteiger partial charge < -0.3 is 10.4 Å². The van der Waals surface area contributed by atoms with E-state index in [-0.39, 0.29) is 12.3 Å². The average molecular weight is 167 g/mol. The van der Waals surface area contributed by atoms with Gasteiger partial charge in [0.05, 0.1) is 12.0 Å². The van der Waals surface area contributed by atoms with E-state index < -0.39 is 5.60 Å². The van der Waals surface area contributed by atoms with Crippen LogP contribution in [0.4, 0.5) is 0 Å². The molecule has 1 saturated carbocycles. The molecule has 1 aliphatic carbocycles. The molecule has 12 heavy (non-hydrogen) atoms. The molecule has 0 bridgehead atoms. The number of hydrogen-bond acceptors (Lipinski definition) is 2. The van der Waals surface area contributed by atoms with Crippen LogP contribution in [0.5, 0.6) is 0 Å². The third-order valence-electron chi connectivity index (χ3n) is 2.16. The number of carbonyl (C=O) groups is 1. The van der Waals surface area contributed by atoms with Crippen molar-refractivity contribution in [1.29, 1.82) is 0 Å². The minimum atomic E-state index is -0.649. The van der Waals surface area contributed by atoms with E-state index in [1.54, 1.807) is 0 Å². The summed E-state index contributed by atoms with van der Waals surface area (Å²) >= 11 is 0. The molecule has 1 aliphatic rings. The van der Waals surface area contributed by atoms with Crippen molar-refractivity contribution in [3.8, 4) is 12.3 Å². The minimum Gasteiger partial charge on any atom is -0.388 e. The molecule has 1 amide bonds. The molecule has 3 heteroatoms. The predicted molar refractivity (Wildman–Crippen MR) is 45.3 cm³/mol. The van der Waals surface area contributed by atoms with E-state index in [1.807, 2.05) is 0 Å². The zero-order valence-corrected chi connectivity index (χ0v) is 6.97. The Morgan fingerprint density at radius 1 is 1.67 bits per heavy atom. The van der Waals surface area contributed by atoms with Crippen LogP contribution in [0.1, 0.15) is 25.7 Å². The second-order valence-electron chi connectivity index (χ2n) is 3.24. The van der Waals surface area contributed by atoms with Crippen LogP contribution >= 0.6 is 0 Å². The lowest BCUT2D eigenvalue weighted by Gasteiger charge is -2.36. The van der Waals surface area contributed by atoms with Crippen molar-refractivity contribution in [2.75, 3.05) is 6.54 Å². The van der Waals surface area contributed by atoms with Crippen molar-refractivity contribution in [2.45, 2.75) is 31.3 Å². The van der Waals surface area contributed by atoms with Crippen LogP contribution < -0.4 is 5.32 Å². The summed E-state index contributed by atoms with van der Waals surface area (Å²) in [6.45, 7) is 0.341. The quantitative estimate of drug-likeness (QED) is 0.583. The van der Waals surface area contributed by atoms with E-state index in [1.165, 1.54) is 0 Å². The summed E-state index contributed by atoms with van der Waals surface area (Å²) < 4.78 is 0. The van der Waals surface area contributed by atoms with Crippen LogP contribution in [0, 0.1) is 12.3 Å². The van der Waals surface area contributed by atoms with Gasteiger partial charge in [-0.25, -0.2) is 0 Å². The molecule has 0 radical (unpaired) electrons. The lowest BCUT2D eigenvalue weighted by molar-refractivity contribution is -0.122. The first-order valence-corrected chi connectivity index (χ1v) is 4.09. The zero-order chi connectivity index (χ0) is 9.03. The summed E-state index contributed by atoms with van der Waals surface area (Å²) in [5, 5.41) is 12.2. The van der Waals surface area contributed by atoms with Crippen LogP contribution in [0.2, 0.25) is 0 Å².